The van der Waals surface area contributed by atoms with E-state index in [0.717, 1.165) is 5.56 Å². The number of para-hydroxylation sites is 1. The molecule has 6 nitrogen and oxygen atoms in total. The van der Waals surface area contributed by atoms with Crippen molar-refractivity contribution in [2.45, 2.75) is 18.9 Å². The number of rotatable bonds is 7. The van der Waals surface area contributed by atoms with Crippen molar-refractivity contribution in [3.8, 4) is 5.75 Å². The summed E-state index contributed by atoms with van der Waals surface area (Å²) in [7, 11) is 0. The maximum Gasteiger partial charge on any atom is 0.260 e. The van der Waals surface area contributed by atoms with E-state index < -0.39 is 0 Å². The Morgan fingerprint density at radius 1 is 0.968 bits per heavy atom. The summed E-state index contributed by atoms with van der Waals surface area (Å²) in [5.74, 6) is 1.17. The first-order chi connectivity index (χ1) is 15.2. The predicted octanol–water partition coefficient (Wildman–Crippen LogP) is 3.80. The molecule has 6 heteroatoms. The Hall–Kier alpha value is -3.54. The normalized spacial score (nSPS) is 15.3. The molecule has 1 aliphatic rings. The van der Waals surface area contributed by atoms with Gasteiger partial charge in [-0.3, -0.25) is 9.59 Å². The largest absolute Gasteiger partial charge is 0.484 e. The van der Waals surface area contributed by atoms with Crippen LogP contribution in [0.2, 0.25) is 0 Å². The number of hydrogen-bond acceptors (Lipinski definition) is 4. The first-order valence-corrected chi connectivity index (χ1v) is 10.5. The minimum absolute atomic E-state index is 0.00938. The van der Waals surface area contributed by atoms with E-state index in [9.17, 15) is 9.59 Å². The summed E-state index contributed by atoms with van der Waals surface area (Å²) in [6.07, 6.45) is 2.87. The van der Waals surface area contributed by atoms with E-state index >= 15 is 0 Å². The van der Waals surface area contributed by atoms with Crippen LogP contribution in [-0.4, -0.2) is 36.4 Å². The zero-order chi connectivity index (χ0) is 21.5. The molecule has 0 saturated carbocycles. The Labute approximate surface area is 181 Å². The number of piperidine rings is 1. The Balaban J connectivity index is 1.31. The zero-order valence-corrected chi connectivity index (χ0v) is 17.3. The lowest BCUT2D eigenvalue weighted by molar-refractivity contribution is -0.137. The fraction of sp³-hybridized carbons (Fsp3) is 0.280. The molecule has 1 aromatic heterocycles. The molecule has 1 unspecified atom stereocenters. The van der Waals surface area contributed by atoms with Crippen molar-refractivity contribution < 1.29 is 18.7 Å². The average molecular weight is 418 g/mol. The van der Waals surface area contributed by atoms with E-state index in [-0.39, 0.29) is 30.4 Å². The molecule has 0 aliphatic carbocycles. The molecule has 0 bridgehead atoms. The van der Waals surface area contributed by atoms with Gasteiger partial charge in [-0.15, -0.1) is 0 Å². The van der Waals surface area contributed by atoms with Gasteiger partial charge in [-0.1, -0.05) is 48.5 Å². The average Bonchev–Trinajstić information content (AvgIpc) is 3.37. The van der Waals surface area contributed by atoms with Crippen molar-refractivity contribution in [2.75, 3.05) is 19.7 Å². The summed E-state index contributed by atoms with van der Waals surface area (Å²) in [4.78, 5) is 27.2. The van der Waals surface area contributed by atoms with Gasteiger partial charge in [0.05, 0.1) is 6.26 Å². The summed E-state index contributed by atoms with van der Waals surface area (Å²) in [5, 5.41) is 3.14. The highest BCUT2D eigenvalue weighted by atomic mass is 16.5. The molecule has 3 aromatic rings. The fourth-order valence-electron chi connectivity index (χ4n) is 3.82. The van der Waals surface area contributed by atoms with Gasteiger partial charge >= 0.3 is 0 Å². The minimum Gasteiger partial charge on any atom is -0.484 e. The van der Waals surface area contributed by atoms with Crippen LogP contribution in [0.3, 0.4) is 0 Å². The highest BCUT2D eigenvalue weighted by molar-refractivity contribution is 5.81. The van der Waals surface area contributed by atoms with Crippen molar-refractivity contribution in [3.63, 3.8) is 0 Å². The monoisotopic (exact) mass is 418 g/mol. The van der Waals surface area contributed by atoms with Crippen LogP contribution < -0.4 is 10.1 Å². The van der Waals surface area contributed by atoms with Gasteiger partial charge in [0.2, 0.25) is 5.91 Å². The van der Waals surface area contributed by atoms with Crippen LogP contribution >= 0.6 is 0 Å². The molecule has 160 valence electrons. The summed E-state index contributed by atoms with van der Waals surface area (Å²) in [5.41, 5.74) is 0.969. The molecule has 0 radical (unpaired) electrons. The second-order valence-corrected chi connectivity index (χ2v) is 7.62. The van der Waals surface area contributed by atoms with Gasteiger partial charge in [-0.05, 0) is 42.7 Å². The van der Waals surface area contributed by atoms with Crippen molar-refractivity contribution in [1.29, 1.82) is 0 Å². The van der Waals surface area contributed by atoms with Crippen LogP contribution in [0.15, 0.2) is 83.5 Å². The SMILES string of the molecule is O=C(NC(c1ccccc1)c1ccco1)C1CCN(C(=O)COc2ccccc2)CC1. The number of ether oxygens (including phenoxy) is 1. The summed E-state index contributed by atoms with van der Waals surface area (Å²) in [6, 6.07) is 22.4. The van der Waals surface area contributed by atoms with Crippen LogP contribution in [0.5, 0.6) is 5.75 Å². The number of hydrogen-bond donors (Lipinski definition) is 1. The van der Waals surface area contributed by atoms with Gasteiger partial charge in [-0.2, -0.15) is 0 Å². The number of nitrogens with zero attached hydrogens (tertiary/aromatic N) is 1. The van der Waals surface area contributed by atoms with Gasteiger partial charge in [0.15, 0.2) is 6.61 Å². The van der Waals surface area contributed by atoms with E-state index in [2.05, 4.69) is 5.32 Å². The number of carbonyl (C=O) groups is 2. The third kappa shape index (κ3) is 5.34. The van der Waals surface area contributed by atoms with Crippen LogP contribution in [0.1, 0.15) is 30.2 Å². The number of amides is 2. The third-order valence-electron chi connectivity index (χ3n) is 5.57. The Morgan fingerprint density at radius 2 is 1.65 bits per heavy atom. The van der Waals surface area contributed by atoms with Crippen LogP contribution in [0.4, 0.5) is 0 Å². The summed E-state index contributed by atoms with van der Waals surface area (Å²) in [6.45, 7) is 1.10. The highest BCUT2D eigenvalue weighted by Gasteiger charge is 2.30. The number of benzene rings is 2. The summed E-state index contributed by atoms with van der Waals surface area (Å²) >= 11 is 0. The van der Waals surface area contributed by atoms with Gasteiger partial charge < -0.3 is 19.4 Å². The highest BCUT2D eigenvalue weighted by Crippen LogP contribution is 2.25. The Bertz CT molecular complexity index is 965. The fourth-order valence-corrected chi connectivity index (χ4v) is 3.82. The lowest BCUT2D eigenvalue weighted by Gasteiger charge is -2.32. The minimum atomic E-state index is -0.331. The maximum atomic E-state index is 13.0. The van der Waals surface area contributed by atoms with Crippen LogP contribution in [0, 0.1) is 5.92 Å². The second-order valence-electron chi connectivity index (χ2n) is 7.62. The molecule has 4 rings (SSSR count). The second kappa shape index (κ2) is 9.98. The maximum absolute atomic E-state index is 13.0. The quantitative estimate of drug-likeness (QED) is 0.634. The standard InChI is InChI=1S/C25H26N2O4/c28-23(18-31-21-10-5-2-6-11-21)27-15-13-20(14-16-27)25(29)26-24(22-12-7-17-30-22)19-8-3-1-4-9-19/h1-12,17,20,24H,13-16,18H2,(H,26,29). The first-order valence-electron chi connectivity index (χ1n) is 10.5. The predicted molar refractivity (Wildman–Crippen MR) is 116 cm³/mol. The summed E-state index contributed by atoms with van der Waals surface area (Å²) < 4.78 is 11.1. The van der Waals surface area contributed by atoms with Crippen molar-refractivity contribution in [2.24, 2.45) is 5.92 Å². The molecule has 2 amide bonds. The van der Waals surface area contributed by atoms with Crippen molar-refractivity contribution in [3.05, 3.63) is 90.4 Å². The molecular weight excluding hydrogens is 392 g/mol. The van der Waals surface area contributed by atoms with Crippen LogP contribution in [0.25, 0.3) is 0 Å². The van der Waals surface area contributed by atoms with Crippen LogP contribution in [-0.2, 0) is 9.59 Å². The Kier molecular flexibility index (Phi) is 6.67. The number of carbonyl (C=O) groups excluding carboxylic acids is 2. The molecule has 1 N–H and O–H groups in total. The first kappa shape index (κ1) is 20.7. The lowest BCUT2D eigenvalue weighted by Crippen LogP contribution is -2.45. The van der Waals surface area contributed by atoms with Crippen molar-refractivity contribution >= 4 is 11.8 Å². The van der Waals surface area contributed by atoms with Gasteiger partial charge in [0.25, 0.3) is 5.91 Å². The van der Waals surface area contributed by atoms with Gasteiger partial charge in [0, 0.05) is 19.0 Å². The number of likely N-dealkylation sites (tertiary alicyclic amines) is 1. The third-order valence-corrected chi connectivity index (χ3v) is 5.57. The molecule has 2 aromatic carbocycles. The van der Waals surface area contributed by atoms with E-state index in [1.165, 1.54) is 0 Å². The van der Waals surface area contributed by atoms with Gasteiger partial charge in [0.1, 0.15) is 17.6 Å². The zero-order valence-electron chi connectivity index (χ0n) is 17.3. The van der Waals surface area contributed by atoms with E-state index in [0.29, 0.717) is 37.4 Å². The topological polar surface area (TPSA) is 71.8 Å². The molecule has 1 saturated heterocycles. The molecule has 1 fully saturated rings. The molecule has 31 heavy (non-hydrogen) atoms. The number of nitrogens with one attached hydrogen (secondary N) is 1. The molecule has 1 aliphatic heterocycles. The Morgan fingerprint density at radius 3 is 2.29 bits per heavy atom. The molecule has 1 atom stereocenters. The molecule has 2 heterocycles. The molecule has 0 spiro atoms. The van der Waals surface area contributed by atoms with E-state index in [4.69, 9.17) is 9.15 Å². The van der Waals surface area contributed by atoms with E-state index in [1.54, 1.807) is 11.2 Å². The number of furan rings is 1. The molecular formula is C25H26N2O4. The van der Waals surface area contributed by atoms with Gasteiger partial charge in [-0.25, -0.2) is 0 Å². The lowest BCUT2D eigenvalue weighted by atomic mass is 9.94. The van der Waals surface area contributed by atoms with Crippen molar-refractivity contribution in [1.82, 2.24) is 10.2 Å². The van der Waals surface area contributed by atoms with E-state index in [1.807, 2.05) is 72.8 Å². The smallest absolute Gasteiger partial charge is 0.260 e.